The molecule has 2 rings (SSSR count). The monoisotopic (exact) mass is 272 g/mol. The smallest absolute Gasteiger partial charge is 0.264 e. The molecule has 0 saturated heterocycles. The summed E-state index contributed by atoms with van der Waals surface area (Å²) in [5.74, 6) is 0. The van der Waals surface area contributed by atoms with Crippen molar-refractivity contribution in [2.24, 2.45) is 0 Å². The second kappa shape index (κ2) is 5.12. The van der Waals surface area contributed by atoms with Crippen LogP contribution in [0, 0.1) is 11.3 Å². The van der Waals surface area contributed by atoms with Crippen molar-refractivity contribution in [3.63, 3.8) is 0 Å². The highest BCUT2D eigenvalue weighted by Crippen LogP contribution is 2.22. The Morgan fingerprint density at radius 3 is 2.37 bits per heavy atom. The van der Waals surface area contributed by atoms with E-state index in [4.69, 9.17) is 5.26 Å². The molecule has 96 valence electrons. The molecule has 2 aromatic carbocycles. The van der Waals surface area contributed by atoms with Crippen molar-refractivity contribution < 1.29 is 8.42 Å². The lowest BCUT2D eigenvalue weighted by atomic mass is 10.2. The molecule has 0 aliphatic rings. The first-order chi connectivity index (χ1) is 9.05. The fourth-order valence-electron chi connectivity index (χ4n) is 1.66. The molecule has 0 unspecified atom stereocenters. The molecule has 2 aromatic rings. The Balaban J connectivity index is 2.44. The minimum Gasteiger partial charge on any atom is -0.269 e. The first-order valence-corrected chi connectivity index (χ1v) is 7.04. The third-order valence-electron chi connectivity index (χ3n) is 2.74. The summed E-state index contributed by atoms with van der Waals surface area (Å²) in [6.45, 7) is 0. The lowest BCUT2D eigenvalue weighted by Crippen LogP contribution is -2.26. The van der Waals surface area contributed by atoms with Gasteiger partial charge in [0, 0.05) is 7.05 Å². The van der Waals surface area contributed by atoms with Crippen molar-refractivity contribution in [3.8, 4) is 6.07 Å². The Morgan fingerprint density at radius 1 is 1.05 bits per heavy atom. The first kappa shape index (κ1) is 13.1. The van der Waals surface area contributed by atoms with E-state index in [2.05, 4.69) is 0 Å². The van der Waals surface area contributed by atoms with Gasteiger partial charge < -0.3 is 0 Å². The summed E-state index contributed by atoms with van der Waals surface area (Å²) in [5.41, 5.74) is 0.885. The predicted molar refractivity (Wildman–Crippen MR) is 73.2 cm³/mol. The van der Waals surface area contributed by atoms with E-state index < -0.39 is 10.0 Å². The molecule has 0 radical (unpaired) electrons. The number of hydrogen-bond donors (Lipinski definition) is 0. The standard InChI is InChI=1S/C14H12N2O2S/c1-16(13-7-5-6-12(10-13)11-15)19(17,18)14-8-3-2-4-9-14/h2-10H,1H3. The van der Waals surface area contributed by atoms with E-state index in [0.717, 1.165) is 0 Å². The first-order valence-electron chi connectivity index (χ1n) is 5.60. The van der Waals surface area contributed by atoms with Gasteiger partial charge in [-0.15, -0.1) is 0 Å². The Bertz CT molecular complexity index is 719. The highest BCUT2D eigenvalue weighted by atomic mass is 32.2. The Morgan fingerprint density at radius 2 is 1.74 bits per heavy atom. The van der Waals surface area contributed by atoms with E-state index in [0.29, 0.717) is 11.3 Å². The fraction of sp³-hybridized carbons (Fsp3) is 0.0714. The van der Waals surface area contributed by atoms with E-state index in [-0.39, 0.29) is 4.90 Å². The van der Waals surface area contributed by atoms with E-state index in [1.165, 1.54) is 11.4 Å². The van der Waals surface area contributed by atoms with Crippen molar-refractivity contribution >= 4 is 15.7 Å². The van der Waals surface area contributed by atoms with Gasteiger partial charge in [0.15, 0.2) is 0 Å². The van der Waals surface area contributed by atoms with E-state index >= 15 is 0 Å². The zero-order valence-electron chi connectivity index (χ0n) is 10.3. The van der Waals surface area contributed by atoms with Gasteiger partial charge in [-0.25, -0.2) is 8.42 Å². The van der Waals surface area contributed by atoms with Gasteiger partial charge in [0.25, 0.3) is 10.0 Å². The lowest BCUT2D eigenvalue weighted by Gasteiger charge is -2.19. The minimum atomic E-state index is -3.59. The molecule has 0 N–H and O–H groups in total. The van der Waals surface area contributed by atoms with Gasteiger partial charge in [-0.1, -0.05) is 24.3 Å². The molecular formula is C14H12N2O2S. The number of rotatable bonds is 3. The third kappa shape index (κ3) is 2.59. The van der Waals surface area contributed by atoms with Crippen LogP contribution in [-0.4, -0.2) is 15.5 Å². The van der Waals surface area contributed by atoms with E-state index in [1.807, 2.05) is 6.07 Å². The van der Waals surface area contributed by atoms with E-state index in [1.54, 1.807) is 54.6 Å². The zero-order valence-corrected chi connectivity index (χ0v) is 11.1. The number of sulfonamides is 1. The van der Waals surface area contributed by atoms with Crippen LogP contribution in [0.4, 0.5) is 5.69 Å². The van der Waals surface area contributed by atoms with Crippen LogP contribution < -0.4 is 4.31 Å². The van der Waals surface area contributed by atoms with Gasteiger partial charge in [-0.3, -0.25) is 4.31 Å². The minimum absolute atomic E-state index is 0.222. The van der Waals surface area contributed by atoms with Crippen molar-refractivity contribution in [2.45, 2.75) is 4.90 Å². The number of anilines is 1. The number of nitrogens with zero attached hydrogens (tertiary/aromatic N) is 2. The van der Waals surface area contributed by atoms with Crippen molar-refractivity contribution in [1.82, 2.24) is 0 Å². The van der Waals surface area contributed by atoms with Crippen LogP contribution in [-0.2, 0) is 10.0 Å². The van der Waals surface area contributed by atoms with Gasteiger partial charge in [0.05, 0.1) is 22.2 Å². The summed E-state index contributed by atoms with van der Waals surface area (Å²) in [5, 5.41) is 8.85. The quantitative estimate of drug-likeness (QED) is 0.861. The summed E-state index contributed by atoms with van der Waals surface area (Å²) >= 11 is 0. The number of nitriles is 1. The Kier molecular flexibility index (Phi) is 3.54. The maximum atomic E-state index is 12.4. The molecular weight excluding hydrogens is 260 g/mol. The molecule has 0 aliphatic carbocycles. The predicted octanol–water partition coefficient (Wildman–Crippen LogP) is 2.38. The summed E-state index contributed by atoms with van der Waals surface area (Å²) in [4.78, 5) is 0.222. The molecule has 5 heteroatoms. The van der Waals surface area contributed by atoms with Crippen molar-refractivity contribution in [3.05, 3.63) is 60.2 Å². The van der Waals surface area contributed by atoms with Gasteiger partial charge in [-0.2, -0.15) is 5.26 Å². The van der Waals surface area contributed by atoms with Crippen LogP contribution in [0.2, 0.25) is 0 Å². The largest absolute Gasteiger partial charge is 0.269 e. The molecule has 0 amide bonds. The normalized spacial score (nSPS) is 10.7. The fourth-order valence-corrected chi connectivity index (χ4v) is 2.87. The molecule has 0 spiro atoms. The van der Waals surface area contributed by atoms with Crippen LogP contribution in [0.5, 0.6) is 0 Å². The van der Waals surface area contributed by atoms with Gasteiger partial charge in [-0.05, 0) is 30.3 Å². The highest BCUT2D eigenvalue weighted by molar-refractivity contribution is 7.92. The van der Waals surface area contributed by atoms with Crippen LogP contribution in [0.25, 0.3) is 0 Å². The molecule has 0 heterocycles. The summed E-state index contributed by atoms with van der Waals surface area (Å²) in [6, 6.07) is 16.7. The maximum absolute atomic E-state index is 12.4. The maximum Gasteiger partial charge on any atom is 0.264 e. The average molecular weight is 272 g/mol. The summed E-state index contributed by atoms with van der Waals surface area (Å²) in [7, 11) is -2.12. The van der Waals surface area contributed by atoms with Crippen molar-refractivity contribution in [1.29, 1.82) is 5.26 Å². The van der Waals surface area contributed by atoms with Crippen molar-refractivity contribution in [2.75, 3.05) is 11.4 Å². The molecule has 0 atom stereocenters. The highest BCUT2D eigenvalue weighted by Gasteiger charge is 2.20. The second-order valence-corrected chi connectivity index (χ2v) is 5.92. The second-order valence-electron chi connectivity index (χ2n) is 3.95. The van der Waals surface area contributed by atoms with Crippen LogP contribution in [0.3, 0.4) is 0 Å². The molecule has 4 nitrogen and oxygen atoms in total. The Hall–Kier alpha value is -2.32. The molecule has 0 bridgehead atoms. The number of benzene rings is 2. The third-order valence-corrected chi connectivity index (χ3v) is 4.54. The van der Waals surface area contributed by atoms with Crippen LogP contribution >= 0.6 is 0 Å². The zero-order chi connectivity index (χ0) is 13.9. The van der Waals surface area contributed by atoms with Gasteiger partial charge in [0.1, 0.15) is 0 Å². The van der Waals surface area contributed by atoms with E-state index in [9.17, 15) is 8.42 Å². The molecule has 0 fully saturated rings. The molecule has 0 aliphatic heterocycles. The molecule has 19 heavy (non-hydrogen) atoms. The summed E-state index contributed by atoms with van der Waals surface area (Å²) in [6.07, 6.45) is 0. The van der Waals surface area contributed by atoms with Gasteiger partial charge >= 0.3 is 0 Å². The van der Waals surface area contributed by atoms with Crippen LogP contribution in [0.1, 0.15) is 5.56 Å². The topological polar surface area (TPSA) is 61.2 Å². The summed E-state index contributed by atoms with van der Waals surface area (Å²) < 4.78 is 25.9. The number of hydrogen-bond acceptors (Lipinski definition) is 3. The Labute approximate surface area is 112 Å². The average Bonchev–Trinajstić information content (AvgIpc) is 2.47. The van der Waals surface area contributed by atoms with Gasteiger partial charge in [0.2, 0.25) is 0 Å². The molecule has 0 aromatic heterocycles. The van der Waals surface area contributed by atoms with Crippen LogP contribution in [0.15, 0.2) is 59.5 Å². The molecule has 0 saturated carbocycles. The SMILES string of the molecule is CN(c1cccc(C#N)c1)S(=O)(=O)c1ccccc1. The lowest BCUT2D eigenvalue weighted by molar-refractivity contribution is 0.594.